The number of halogens is 1. The molecule has 1 fully saturated rings. The number of nitrogens with zero attached hydrogens (tertiary/aromatic N) is 6. The van der Waals surface area contributed by atoms with Gasteiger partial charge in [-0.05, 0) is 50.2 Å². The van der Waals surface area contributed by atoms with E-state index in [1.54, 1.807) is 0 Å². The van der Waals surface area contributed by atoms with Gasteiger partial charge in [-0.25, -0.2) is 0 Å². The molecule has 0 spiro atoms. The Kier molecular flexibility index (Phi) is 4.66. The first-order valence-corrected chi connectivity index (χ1v) is 10.2. The first-order valence-electron chi connectivity index (χ1n) is 9.37. The van der Waals surface area contributed by atoms with Gasteiger partial charge in [0.1, 0.15) is 5.82 Å². The smallest absolute Gasteiger partial charge is 0.241 e. The third-order valence-electron chi connectivity index (χ3n) is 5.20. The van der Waals surface area contributed by atoms with Gasteiger partial charge in [0, 0.05) is 22.2 Å². The SMILES string of the molecule is Brc1cccc(-c2noc(CN3CCC(c4nnc5ccccn45)CC3)n2)c1. The molecule has 0 N–H and O–H groups in total. The fourth-order valence-electron chi connectivity index (χ4n) is 3.74. The van der Waals surface area contributed by atoms with Gasteiger partial charge in [0.25, 0.3) is 0 Å². The van der Waals surface area contributed by atoms with Crippen molar-refractivity contribution in [2.45, 2.75) is 25.3 Å². The van der Waals surface area contributed by atoms with Crippen molar-refractivity contribution in [2.24, 2.45) is 0 Å². The Morgan fingerprint density at radius 3 is 2.82 bits per heavy atom. The second-order valence-corrected chi connectivity index (χ2v) is 7.98. The van der Waals surface area contributed by atoms with Gasteiger partial charge in [0.2, 0.25) is 11.7 Å². The lowest BCUT2D eigenvalue weighted by atomic mass is 9.96. The normalized spacial score (nSPS) is 16.0. The zero-order valence-electron chi connectivity index (χ0n) is 15.2. The summed E-state index contributed by atoms with van der Waals surface area (Å²) < 4.78 is 8.57. The number of piperidine rings is 1. The Labute approximate surface area is 170 Å². The highest BCUT2D eigenvalue weighted by Gasteiger charge is 2.25. The average Bonchev–Trinajstić information content (AvgIpc) is 3.36. The number of hydrogen-bond acceptors (Lipinski definition) is 6. The van der Waals surface area contributed by atoms with Crippen LogP contribution in [-0.4, -0.2) is 42.7 Å². The highest BCUT2D eigenvalue weighted by Crippen LogP contribution is 2.28. The largest absolute Gasteiger partial charge is 0.338 e. The van der Waals surface area contributed by atoms with Crippen molar-refractivity contribution in [3.8, 4) is 11.4 Å². The number of likely N-dealkylation sites (tertiary alicyclic amines) is 1. The molecule has 0 unspecified atom stereocenters. The van der Waals surface area contributed by atoms with E-state index in [1.165, 1.54) is 0 Å². The molecule has 0 amide bonds. The lowest BCUT2D eigenvalue weighted by molar-refractivity contribution is 0.178. The lowest BCUT2D eigenvalue weighted by Crippen LogP contribution is -2.33. The summed E-state index contributed by atoms with van der Waals surface area (Å²) in [6.07, 6.45) is 4.13. The number of rotatable bonds is 4. The van der Waals surface area contributed by atoms with Crippen LogP contribution in [0.15, 0.2) is 57.7 Å². The lowest BCUT2D eigenvalue weighted by Gasteiger charge is -2.29. The van der Waals surface area contributed by atoms with Crippen molar-refractivity contribution in [2.75, 3.05) is 13.1 Å². The molecule has 7 nitrogen and oxygen atoms in total. The van der Waals surface area contributed by atoms with Gasteiger partial charge in [-0.3, -0.25) is 9.30 Å². The molecule has 1 aliphatic rings. The maximum atomic E-state index is 5.47. The van der Waals surface area contributed by atoms with Crippen molar-refractivity contribution >= 4 is 21.6 Å². The fraction of sp³-hybridized carbons (Fsp3) is 0.300. The standard InChI is InChI=1S/C20H19BrN6O/c21-16-5-3-4-15(12-16)19-22-18(28-25-19)13-26-10-7-14(8-11-26)20-24-23-17-6-1-2-9-27(17)20/h1-6,9,12,14H,7-8,10-11,13H2. The predicted octanol–water partition coefficient (Wildman–Crippen LogP) is 3.92. The molecule has 0 bridgehead atoms. The molecule has 28 heavy (non-hydrogen) atoms. The van der Waals surface area contributed by atoms with Crippen LogP contribution in [0, 0.1) is 0 Å². The summed E-state index contributed by atoms with van der Waals surface area (Å²) in [7, 11) is 0. The quantitative estimate of drug-likeness (QED) is 0.480. The molecule has 5 rings (SSSR count). The zero-order chi connectivity index (χ0) is 18.9. The third kappa shape index (κ3) is 3.45. The molecular formula is C20H19BrN6O. The Balaban J connectivity index is 1.23. The van der Waals surface area contributed by atoms with Crippen LogP contribution in [-0.2, 0) is 6.54 Å². The van der Waals surface area contributed by atoms with Gasteiger partial charge >= 0.3 is 0 Å². The van der Waals surface area contributed by atoms with Gasteiger partial charge in [-0.15, -0.1) is 10.2 Å². The molecule has 0 atom stereocenters. The Morgan fingerprint density at radius 1 is 1.07 bits per heavy atom. The molecule has 142 valence electrons. The monoisotopic (exact) mass is 438 g/mol. The summed E-state index contributed by atoms with van der Waals surface area (Å²) in [6, 6.07) is 13.9. The van der Waals surface area contributed by atoms with Crippen LogP contribution in [0.4, 0.5) is 0 Å². The summed E-state index contributed by atoms with van der Waals surface area (Å²) in [5.74, 6) is 2.76. The van der Waals surface area contributed by atoms with Crippen LogP contribution in [0.2, 0.25) is 0 Å². The summed E-state index contributed by atoms with van der Waals surface area (Å²) in [5, 5.41) is 12.8. The molecular weight excluding hydrogens is 420 g/mol. The van der Waals surface area contributed by atoms with E-state index in [1.807, 2.05) is 48.7 Å². The maximum Gasteiger partial charge on any atom is 0.241 e. The van der Waals surface area contributed by atoms with Crippen molar-refractivity contribution in [1.29, 1.82) is 0 Å². The molecule has 4 aromatic rings. The number of pyridine rings is 1. The van der Waals surface area contributed by atoms with E-state index >= 15 is 0 Å². The molecule has 4 heterocycles. The second kappa shape index (κ2) is 7.44. The van der Waals surface area contributed by atoms with Gasteiger partial charge in [-0.2, -0.15) is 4.98 Å². The third-order valence-corrected chi connectivity index (χ3v) is 5.70. The molecule has 8 heteroatoms. The highest BCUT2D eigenvalue weighted by atomic mass is 79.9. The fourth-order valence-corrected chi connectivity index (χ4v) is 4.14. The van der Waals surface area contributed by atoms with Crippen molar-refractivity contribution < 1.29 is 4.52 Å². The Hall–Kier alpha value is -2.58. The minimum absolute atomic E-state index is 0.425. The number of fused-ring (bicyclic) bond motifs is 1. The summed E-state index contributed by atoms with van der Waals surface area (Å²) in [5.41, 5.74) is 1.85. The van der Waals surface area contributed by atoms with Gasteiger partial charge in [-0.1, -0.05) is 39.3 Å². The van der Waals surface area contributed by atoms with Crippen LogP contribution >= 0.6 is 15.9 Å². The molecule has 1 saturated heterocycles. The first kappa shape index (κ1) is 17.5. The zero-order valence-corrected chi connectivity index (χ0v) is 16.8. The van der Waals surface area contributed by atoms with Crippen molar-refractivity contribution in [1.82, 2.24) is 29.6 Å². The number of hydrogen-bond donors (Lipinski definition) is 0. The van der Waals surface area contributed by atoms with E-state index in [-0.39, 0.29) is 0 Å². The molecule has 3 aromatic heterocycles. The average molecular weight is 439 g/mol. The van der Waals surface area contributed by atoms with Crippen LogP contribution in [0.25, 0.3) is 17.0 Å². The summed E-state index contributed by atoms with van der Waals surface area (Å²) >= 11 is 3.48. The molecule has 0 radical (unpaired) electrons. The minimum atomic E-state index is 0.425. The van der Waals surface area contributed by atoms with E-state index in [4.69, 9.17) is 4.52 Å². The van der Waals surface area contributed by atoms with E-state index in [2.05, 4.69) is 45.6 Å². The van der Waals surface area contributed by atoms with Crippen LogP contribution < -0.4 is 0 Å². The predicted molar refractivity (Wildman–Crippen MR) is 108 cm³/mol. The molecule has 0 saturated carbocycles. The summed E-state index contributed by atoms with van der Waals surface area (Å²) in [6.45, 7) is 2.62. The Bertz CT molecular complexity index is 1100. The molecule has 1 aromatic carbocycles. The van der Waals surface area contributed by atoms with Gasteiger partial charge in [0.05, 0.1) is 6.54 Å². The topological polar surface area (TPSA) is 72.4 Å². The second-order valence-electron chi connectivity index (χ2n) is 7.06. The molecule has 1 aliphatic heterocycles. The van der Waals surface area contributed by atoms with E-state index in [0.29, 0.717) is 24.2 Å². The first-order chi connectivity index (χ1) is 13.8. The Morgan fingerprint density at radius 2 is 1.96 bits per heavy atom. The van der Waals surface area contributed by atoms with Crippen molar-refractivity contribution in [3.63, 3.8) is 0 Å². The van der Waals surface area contributed by atoms with Crippen molar-refractivity contribution in [3.05, 3.63) is 64.8 Å². The van der Waals surface area contributed by atoms with Crippen LogP contribution in [0.5, 0.6) is 0 Å². The maximum absolute atomic E-state index is 5.47. The van der Waals surface area contributed by atoms with E-state index < -0.39 is 0 Å². The van der Waals surface area contributed by atoms with Crippen LogP contribution in [0.1, 0.15) is 30.5 Å². The van der Waals surface area contributed by atoms with Crippen LogP contribution in [0.3, 0.4) is 0 Å². The van der Waals surface area contributed by atoms with Gasteiger partial charge in [0.15, 0.2) is 5.65 Å². The van der Waals surface area contributed by atoms with E-state index in [0.717, 1.165) is 47.4 Å². The minimum Gasteiger partial charge on any atom is -0.338 e. The molecule has 0 aliphatic carbocycles. The number of aromatic nitrogens is 5. The highest BCUT2D eigenvalue weighted by molar-refractivity contribution is 9.10. The summed E-state index contributed by atoms with van der Waals surface area (Å²) in [4.78, 5) is 6.92. The number of benzene rings is 1. The van der Waals surface area contributed by atoms with Gasteiger partial charge < -0.3 is 4.52 Å². The van der Waals surface area contributed by atoms with E-state index in [9.17, 15) is 0 Å².